The molecule has 3 rings (SSSR count). The SMILES string of the molecule is CCC1CC(C(=O)O)C(c2nnc3nc(C)cc(C)n23)C1. The molecule has 1 N–H and O–H groups in total. The van der Waals surface area contributed by atoms with Gasteiger partial charge in [-0.3, -0.25) is 9.20 Å². The highest BCUT2D eigenvalue weighted by molar-refractivity contribution is 5.71. The molecule has 2 aromatic rings. The fraction of sp³-hybridized carbons (Fsp3) is 0.600. The first-order valence-electron chi connectivity index (χ1n) is 7.43. The number of carboxylic acid groups (broad SMARTS) is 1. The molecule has 0 aliphatic heterocycles. The first kappa shape index (κ1) is 14.0. The minimum absolute atomic E-state index is 0.0781. The number of carboxylic acids is 1. The quantitative estimate of drug-likeness (QED) is 0.937. The number of carbonyl (C=O) groups is 1. The van der Waals surface area contributed by atoms with E-state index in [9.17, 15) is 9.90 Å². The molecule has 0 bridgehead atoms. The molecule has 1 fully saturated rings. The molecule has 0 radical (unpaired) electrons. The summed E-state index contributed by atoms with van der Waals surface area (Å²) >= 11 is 0. The van der Waals surface area contributed by atoms with Gasteiger partial charge in [-0.05, 0) is 38.7 Å². The number of fused-ring (bicyclic) bond motifs is 1. The summed E-state index contributed by atoms with van der Waals surface area (Å²) in [7, 11) is 0. The maximum atomic E-state index is 11.6. The summed E-state index contributed by atoms with van der Waals surface area (Å²) in [5.74, 6) is 0.575. The second kappa shape index (κ2) is 5.09. The maximum absolute atomic E-state index is 11.6. The van der Waals surface area contributed by atoms with E-state index in [-0.39, 0.29) is 11.8 Å². The van der Waals surface area contributed by atoms with E-state index in [2.05, 4.69) is 22.1 Å². The number of hydrogen-bond donors (Lipinski definition) is 1. The van der Waals surface area contributed by atoms with Gasteiger partial charge >= 0.3 is 5.97 Å². The Morgan fingerprint density at radius 2 is 2.14 bits per heavy atom. The van der Waals surface area contributed by atoms with Crippen molar-refractivity contribution >= 4 is 11.7 Å². The smallest absolute Gasteiger partial charge is 0.307 e. The van der Waals surface area contributed by atoms with Crippen LogP contribution in [0.2, 0.25) is 0 Å². The molecule has 2 aromatic heterocycles. The van der Waals surface area contributed by atoms with Crippen LogP contribution in [0.5, 0.6) is 0 Å². The third-order valence-corrected chi connectivity index (χ3v) is 4.60. The summed E-state index contributed by atoms with van der Waals surface area (Å²) in [4.78, 5) is 16.0. The van der Waals surface area contributed by atoms with Gasteiger partial charge in [0, 0.05) is 17.3 Å². The molecule has 3 unspecified atom stereocenters. The van der Waals surface area contributed by atoms with E-state index in [1.165, 1.54) is 0 Å². The van der Waals surface area contributed by atoms with Gasteiger partial charge in [0.05, 0.1) is 5.92 Å². The van der Waals surface area contributed by atoms with E-state index < -0.39 is 5.97 Å². The molecule has 0 aromatic carbocycles. The van der Waals surface area contributed by atoms with Crippen molar-refractivity contribution in [2.45, 2.75) is 46.0 Å². The van der Waals surface area contributed by atoms with Crippen LogP contribution in [0.1, 0.15) is 49.3 Å². The van der Waals surface area contributed by atoms with Gasteiger partial charge in [0.15, 0.2) is 0 Å². The van der Waals surface area contributed by atoms with Crippen LogP contribution in [0, 0.1) is 25.7 Å². The van der Waals surface area contributed by atoms with Crippen LogP contribution >= 0.6 is 0 Å². The van der Waals surface area contributed by atoms with Gasteiger partial charge < -0.3 is 5.11 Å². The number of aryl methyl sites for hydroxylation is 2. The predicted octanol–water partition coefficient (Wildman–Crippen LogP) is 2.35. The van der Waals surface area contributed by atoms with Gasteiger partial charge in [-0.15, -0.1) is 10.2 Å². The average Bonchev–Trinajstić information content (AvgIpc) is 3.01. The molecule has 112 valence electrons. The molecule has 6 nitrogen and oxygen atoms in total. The summed E-state index contributed by atoms with van der Waals surface area (Å²) < 4.78 is 1.91. The van der Waals surface area contributed by atoms with Crippen LogP contribution in [0.25, 0.3) is 5.78 Å². The Hall–Kier alpha value is -1.98. The molecule has 21 heavy (non-hydrogen) atoms. The van der Waals surface area contributed by atoms with Gasteiger partial charge in [-0.1, -0.05) is 13.3 Å². The fourth-order valence-electron chi connectivity index (χ4n) is 3.53. The minimum Gasteiger partial charge on any atom is -0.481 e. The third-order valence-electron chi connectivity index (χ3n) is 4.60. The molecular formula is C15H20N4O2. The Labute approximate surface area is 123 Å². The Morgan fingerprint density at radius 3 is 2.81 bits per heavy atom. The van der Waals surface area contributed by atoms with E-state index in [0.29, 0.717) is 11.7 Å². The van der Waals surface area contributed by atoms with E-state index in [0.717, 1.165) is 36.5 Å². The van der Waals surface area contributed by atoms with E-state index >= 15 is 0 Å². The van der Waals surface area contributed by atoms with Crippen LogP contribution in [0.3, 0.4) is 0 Å². The van der Waals surface area contributed by atoms with Crippen LogP contribution in [0.15, 0.2) is 6.07 Å². The topological polar surface area (TPSA) is 80.4 Å². The Morgan fingerprint density at radius 1 is 1.38 bits per heavy atom. The van der Waals surface area contributed by atoms with Crippen molar-refractivity contribution in [2.24, 2.45) is 11.8 Å². The molecular weight excluding hydrogens is 268 g/mol. The summed E-state index contributed by atoms with van der Waals surface area (Å²) in [6.45, 7) is 6.02. The van der Waals surface area contributed by atoms with Crippen molar-refractivity contribution in [3.8, 4) is 0 Å². The number of nitrogens with zero attached hydrogens (tertiary/aromatic N) is 4. The lowest BCUT2D eigenvalue weighted by Gasteiger charge is -2.14. The maximum Gasteiger partial charge on any atom is 0.307 e. The lowest BCUT2D eigenvalue weighted by Crippen LogP contribution is -2.19. The normalized spacial score (nSPS) is 25.6. The standard InChI is InChI=1S/C15H20N4O2/c1-4-10-6-11(12(7-10)14(20)21)13-17-18-15-16-8(2)5-9(3)19(13)15/h5,10-12H,4,6-7H2,1-3H3,(H,20,21). The fourth-order valence-corrected chi connectivity index (χ4v) is 3.53. The van der Waals surface area contributed by atoms with Crippen molar-refractivity contribution in [3.05, 3.63) is 23.3 Å². The highest BCUT2D eigenvalue weighted by atomic mass is 16.4. The van der Waals surface area contributed by atoms with Crippen molar-refractivity contribution in [1.29, 1.82) is 0 Å². The van der Waals surface area contributed by atoms with Crippen molar-refractivity contribution in [2.75, 3.05) is 0 Å². The molecule has 0 saturated heterocycles. The zero-order chi connectivity index (χ0) is 15.1. The first-order chi connectivity index (χ1) is 10.0. The zero-order valence-electron chi connectivity index (χ0n) is 12.6. The second-order valence-corrected chi connectivity index (χ2v) is 6.03. The largest absolute Gasteiger partial charge is 0.481 e. The van der Waals surface area contributed by atoms with Crippen molar-refractivity contribution < 1.29 is 9.90 Å². The zero-order valence-corrected chi connectivity index (χ0v) is 12.6. The molecule has 0 spiro atoms. The van der Waals surface area contributed by atoms with Crippen LogP contribution < -0.4 is 0 Å². The minimum atomic E-state index is -0.731. The van der Waals surface area contributed by atoms with Crippen molar-refractivity contribution in [1.82, 2.24) is 19.6 Å². The summed E-state index contributed by atoms with van der Waals surface area (Å²) in [5, 5.41) is 17.9. The first-order valence-corrected chi connectivity index (χ1v) is 7.43. The lowest BCUT2D eigenvalue weighted by molar-refractivity contribution is -0.142. The number of rotatable bonds is 3. The van der Waals surface area contributed by atoms with Crippen LogP contribution in [-0.2, 0) is 4.79 Å². The molecule has 0 amide bonds. The third kappa shape index (κ3) is 2.28. The van der Waals surface area contributed by atoms with Gasteiger partial charge in [0.2, 0.25) is 0 Å². The molecule has 6 heteroatoms. The summed E-state index contributed by atoms with van der Waals surface area (Å²) in [6.07, 6.45) is 2.60. The number of aromatic nitrogens is 4. The molecule has 1 aliphatic rings. The number of hydrogen-bond acceptors (Lipinski definition) is 4. The van der Waals surface area contributed by atoms with E-state index in [1.807, 2.05) is 24.3 Å². The summed E-state index contributed by atoms with van der Waals surface area (Å²) in [5.41, 5.74) is 1.90. The Balaban J connectivity index is 2.09. The average molecular weight is 288 g/mol. The summed E-state index contributed by atoms with van der Waals surface area (Å²) in [6, 6.07) is 1.97. The molecule has 3 atom stereocenters. The molecule has 1 saturated carbocycles. The highest BCUT2D eigenvalue weighted by Gasteiger charge is 2.41. The van der Waals surface area contributed by atoms with Crippen molar-refractivity contribution in [3.63, 3.8) is 0 Å². The van der Waals surface area contributed by atoms with Gasteiger partial charge in [-0.25, -0.2) is 4.98 Å². The van der Waals surface area contributed by atoms with Gasteiger partial charge in [-0.2, -0.15) is 0 Å². The van der Waals surface area contributed by atoms with Gasteiger partial charge in [0.25, 0.3) is 5.78 Å². The lowest BCUT2D eigenvalue weighted by atomic mass is 9.95. The van der Waals surface area contributed by atoms with Crippen LogP contribution in [0.4, 0.5) is 0 Å². The predicted molar refractivity (Wildman–Crippen MR) is 77.1 cm³/mol. The van der Waals surface area contributed by atoms with E-state index in [1.54, 1.807) is 0 Å². The Bertz CT molecular complexity index is 694. The van der Waals surface area contributed by atoms with Crippen LogP contribution in [-0.4, -0.2) is 30.7 Å². The van der Waals surface area contributed by atoms with E-state index in [4.69, 9.17) is 0 Å². The second-order valence-electron chi connectivity index (χ2n) is 6.03. The monoisotopic (exact) mass is 288 g/mol. The Kier molecular flexibility index (Phi) is 3.39. The molecule has 1 aliphatic carbocycles. The van der Waals surface area contributed by atoms with Gasteiger partial charge in [0.1, 0.15) is 5.82 Å². The number of aliphatic carboxylic acids is 1. The molecule has 2 heterocycles. The highest BCUT2D eigenvalue weighted by Crippen LogP contribution is 2.44.